The van der Waals surface area contributed by atoms with Gasteiger partial charge < -0.3 is 10.2 Å². The molecule has 1 heterocycles. The van der Waals surface area contributed by atoms with E-state index in [-0.39, 0.29) is 11.1 Å². The normalized spacial score (nSPS) is 10.5. The molecule has 1 N–H and O–H groups in total. The minimum atomic E-state index is -0.535. The average molecular weight is 323 g/mol. The van der Waals surface area contributed by atoms with E-state index in [9.17, 15) is 4.39 Å². The third kappa shape index (κ3) is 4.31. The molecule has 0 aliphatic rings. The standard InChI is InChI=1S/C16H20ClFN4/c1-3-9-22(10-4-2)13-7-5-12(6-8-13)20-15-14(18)11-19-16(17)21-15/h5-8,11H,3-4,9-10H2,1-2H3,(H,19,20,21). The number of hydrogen-bond acceptors (Lipinski definition) is 4. The van der Waals surface area contributed by atoms with Gasteiger partial charge in [0.15, 0.2) is 11.6 Å². The summed E-state index contributed by atoms with van der Waals surface area (Å²) in [6.45, 7) is 6.38. The summed E-state index contributed by atoms with van der Waals surface area (Å²) in [6.07, 6.45) is 3.26. The van der Waals surface area contributed by atoms with Crippen molar-refractivity contribution in [3.8, 4) is 0 Å². The maximum atomic E-state index is 13.6. The zero-order valence-electron chi connectivity index (χ0n) is 12.8. The highest BCUT2D eigenvalue weighted by Gasteiger charge is 2.08. The number of nitrogens with one attached hydrogen (secondary N) is 1. The highest BCUT2D eigenvalue weighted by Crippen LogP contribution is 2.22. The van der Waals surface area contributed by atoms with Crippen molar-refractivity contribution in [1.82, 2.24) is 9.97 Å². The van der Waals surface area contributed by atoms with Crippen molar-refractivity contribution < 1.29 is 4.39 Å². The largest absolute Gasteiger partial charge is 0.372 e. The van der Waals surface area contributed by atoms with E-state index in [0.717, 1.165) is 43.5 Å². The Bertz CT molecular complexity index is 598. The van der Waals surface area contributed by atoms with Crippen molar-refractivity contribution in [1.29, 1.82) is 0 Å². The van der Waals surface area contributed by atoms with E-state index in [2.05, 4.69) is 34.0 Å². The minimum Gasteiger partial charge on any atom is -0.372 e. The van der Waals surface area contributed by atoms with Crippen LogP contribution < -0.4 is 10.2 Å². The van der Waals surface area contributed by atoms with Crippen LogP contribution in [0.3, 0.4) is 0 Å². The van der Waals surface area contributed by atoms with Gasteiger partial charge in [-0.3, -0.25) is 0 Å². The first-order valence-corrected chi connectivity index (χ1v) is 7.82. The molecule has 6 heteroatoms. The summed E-state index contributed by atoms with van der Waals surface area (Å²) in [6, 6.07) is 7.86. The van der Waals surface area contributed by atoms with Gasteiger partial charge in [0, 0.05) is 24.5 Å². The molecule has 0 saturated carbocycles. The van der Waals surface area contributed by atoms with Gasteiger partial charge in [-0.05, 0) is 48.7 Å². The third-order valence-corrected chi connectivity index (χ3v) is 3.38. The molecule has 0 aliphatic heterocycles. The third-order valence-electron chi connectivity index (χ3n) is 3.20. The highest BCUT2D eigenvalue weighted by molar-refractivity contribution is 6.28. The van der Waals surface area contributed by atoms with Crippen LogP contribution in [-0.2, 0) is 0 Å². The Morgan fingerprint density at radius 1 is 1.14 bits per heavy atom. The molecule has 0 saturated heterocycles. The Morgan fingerprint density at radius 2 is 1.77 bits per heavy atom. The molecule has 0 amide bonds. The SMILES string of the molecule is CCCN(CCC)c1ccc(Nc2nc(Cl)ncc2F)cc1. The fraction of sp³-hybridized carbons (Fsp3) is 0.375. The smallest absolute Gasteiger partial charge is 0.224 e. The lowest BCUT2D eigenvalue weighted by Gasteiger charge is -2.24. The molecule has 0 unspecified atom stereocenters. The Hall–Kier alpha value is -1.88. The van der Waals surface area contributed by atoms with Crippen LogP contribution in [0.2, 0.25) is 5.28 Å². The molecular weight excluding hydrogens is 303 g/mol. The van der Waals surface area contributed by atoms with Crippen LogP contribution in [0.4, 0.5) is 21.6 Å². The first-order valence-electron chi connectivity index (χ1n) is 7.44. The second-order valence-electron chi connectivity index (χ2n) is 4.99. The van der Waals surface area contributed by atoms with Crippen molar-refractivity contribution in [2.24, 2.45) is 0 Å². The zero-order chi connectivity index (χ0) is 15.9. The van der Waals surface area contributed by atoms with Crippen molar-refractivity contribution in [3.63, 3.8) is 0 Å². The minimum absolute atomic E-state index is 0.0117. The molecule has 0 atom stereocenters. The molecule has 0 radical (unpaired) electrons. The molecule has 2 aromatic rings. The lowest BCUT2D eigenvalue weighted by Crippen LogP contribution is -2.24. The monoisotopic (exact) mass is 322 g/mol. The van der Waals surface area contributed by atoms with Crippen LogP contribution in [-0.4, -0.2) is 23.1 Å². The van der Waals surface area contributed by atoms with E-state index in [4.69, 9.17) is 11.6 Å². The number of benzene rings is 1. The molecule has 0 fully saturated rings. The fourth-order valence-corrected chi connectivity index (χ4v) is 2.37. The van der Waals surface area contributed by atoms with Gasteiger partial charge in [0.2, 0.25) is 5.28 Å². The second-order valence-corrected chi connectivity index (χ2v) is 5.33. The van der Waals surface area contributed by atoms with Gasteiger partial charge in [0.05, 0.1) is 6.20 Å². The summed E-state index contributed by atoms with van der Waals surface area (Å²) in [5.74, 6) is -0.459. The van der Waals surface area contributed by atoms with Crippen LogP contribution in [0.15, 0.2) is 30.5 Å². The first-order chi connectivity index (χ1) is 10.6. The van der Waals surface area contributed by atoms with Gasteiger partial charge in [0.25, 0.3) is 0 Å². The molecule has 0 aliphatic carbocycles. The Labute approximate surface area is 135 Å². The van der Waals surface area contributed by atoms with Crippen LogP contribution in [0, 0.1) is 5.82 Å². The molecule has 4 nitrogen and oxygen atoms in total. The lowest BCUT2D eigenvalue weighted by atomic mass is 10.2. The van der Waals surface area contributed by atoms with Gasteiger partial charge in [-0.15, -0.1) is 0 Å². The van der Waals surface area contributed by atoms with E-state index in [0.29, 0.717) is 0 Å². The summed E-state index contributed by atoms with van der Waals surface area (Å²) in [5.41, 5.74) is 1.92. The first kappa shape index (κ1) is 16.5. The van der Waals surface area contributed by atoms with Crippen LogP contribution in [0.1, 0.15) is 26.7 Å². The van der Waals surface area contributed by atoms with Crippen molar-refractivity contribution >= 4 is 28.8 Å². The molecule has 118 valence electrons. The number of halogens is 2. The molecule has 1 aromatic carbocycles. The Morgan fingerprint density at radius 3 is 2.36 bits per heavy atom. The molecule has 22 heavy (non-hydrogen) atoms. The number of hydrogen-bond donors (Lipinski definition) is 1. The maximum absolute atomic E-state index is 13.6. The van der Waals surface area contributed by atoms with E-state index >= 15 is 0 Å². The summed E-state index contributed by atoms with van der Waals surface area (Å²) in [7, 11) is 0. The van der Waals surface area contributed by atoms with Gasteiger partial charge >= 0.3 is 0 Å². The van der Waals surface area contributed by atoms with Crippen molar-refractivity contribution in [2.75, 3.05) is 23.3 Å². The van der Waals surface area contributed by atoms with Gasteiger partial charge in [-0.25, -0.2) is 9.37 Å². The molecule has 1 aromatic heterocycles. The summed E-state index contributed by atoms with van der Waals surface area (Å²) in [4.78, 5) is 9.77. The zero-order valence-corrected chi connectivity index (χ0v) is 13.6. The summed E-state index contributed by atoms with van der Waals surface area (Å²) in [5, 5.41) is 2.93. The van der Waals surface area contributed by atoms with Crippen LogP contribution in [0.5, 0.6) is 0 Å². The number of aromatic nitrogens is 2. The lowest BCUT2D eigenvalue weighted by molar-refractivity contribution is 0.619. The van der Waals surface area contributed by atoms with Crippen molar-refractivity contribution in [2.45, 2.75) is 26.7 Å². The quantitative estimate of drug-likeness (QED) is 0.754. The van der Waals surface area contributed by atoms with Gasteiger partial charge in [0.1, 0.15) is 0 Å². The van der Waals surface area contributed by atoms with E-state index in [1.807, 2.05) is 24.3 Å². The van der Waals surface area contributed by atoms with Gasteiger partial charge in [-0.2, -0.15) is 4.98 Å². The number of anilines is 3. The number of nitrogens with zero attached hydrogens (tertiary/aromatic N) is 3. The van der Waals surface area contributed by atoms with E-state index in [1.54, 1.807) is 0 Å². The number of rotatable bonds is 7. The Balaban J connectivity index is 2.12. The van der Waals surface area contributed by atoms with Gasteiger partial charge in [-0.1, -0.05) is 13.8 Å². The predicted octanol–water partition coefficient (Wildman–Crippen LogP) is 4.64. The summed E-state index contributed by atoms with van der Waals surface area (Å²) >= 11 is 5.68. The van der Waals surface area contributed by atoms with Crippen LogP contribution >= 0.6 is 11.6 Å². The average Bonchev–Trinajstić information content (AvgIpc) is 2.51. The predicted molar refractivity (Wildman–Crippen MR) is 89.5 cm³/mol. The van der Waals surface area contributed by atoms with Crippen LogP contribution in [0.25, 0.3) is 0 Å². The highest BCUT2D eigenvalue weighted by atomic mass is 35.5. The Kier molecular flexibility index (Phi) is 5.95. The maximum Gasteiger partial charge on any atom is 0.224 e. The van der Waals surface area contributed by atoms with E-state index < -0.39 is 5.82 Å². The fourth-order valence-electron chi connectivity index (χ4n) is 2.24. The molecule has 0 spiro atoms. The van der Waals surface area contributed by atoms with Crippen molar-refractivity contribution in [3.05, 3.63) is 41.6 Å². The topological polar surface area (TPSA) is 41.0 Å². The molecule has 0 bridgehead atoms. The molecule has 2 rings (SSSR count). The second kappa shape index (κ2) is 7.94. The van der Waals surface area contributed by atoms with E-state index in [1.165, 1.54) is 0 Å². The molecular formula is C16H20ClFN4. The summed E-state index contributed by atoms with van der Waals surface area (Å²) < 4.78 is 13.6.